The summed E-state index contributed by atoms with van der Waals surface area (Å²) in [6.07, 6.45) is 1.79. The average Bonchev–Trinajstić information content (AvgIpc) is 2.65. The highest BCUT2D eigenvalue weighted by molar-refractivity contribution is 5.30. The molecule has 18 heavy (non-hydrogen) atoms. The fourth-order valence-electron chi connectivity index (χ4n) is 2.05. The summed E-state index contributed by atoms with van der Waals surface area (Å²) < 4.78 is 2.01. The first-order valence-electron chi connectivity index (χ1n) is 6.09. The predicted molar refractivity (Wildman–Crippen MR) is 71.2 cm³/mol. The Morgan fingerprint density at radius 2 is 1.83 bits per heavy atom. The molecule has 3 heteroatoms. The summed E-state index contributed by atoms with van der Waals surface area (Å²) in [5, 5.41) is 9.06. The van der Waals surface area contributed by atoms with Crippen LogP contribution in [0, 0.1) is 25.2 Å². The van der Waals surface area contributed by atoms with Crippen molar-refractivity contribution in [3.8, 4) is 6.07 Å². The van der Waals surface area contributed by atoms with E-state index >= 15 is 0 Å². The van der Waals surface area contributed by atoms with E-state index < -0.39 is 0 Å². The highest BCUT2D eigenvalue weighted by Gasteiger charge is 2.11. The van der Waals surface area contributed by atoms with E-state index in [2.05, 4.69) is 42.2 Å². The summed E-state index contributed by atoms with van der Waals surface area (Å²) in [6, 6.07) is 10.7. The lowest BCUT2D eigenvalue weighted by Crippen LogP contribution is -2.02. The quantitative estimate of drug-likeness (QED) is 0.826. The van der Waals surface area contributed by atoms with Crippen molar-refractivity contribution >= 4 is 0 Å². The monoisotopic (exact) mass is 239 g/mol. The highest BCUT2D eigenvalue weighted by Crippen LogP contribution is 2.13. The maximum Gasteiger partial charge on any atom is 0.161 e. The second-order valence-corrected chi connectivity index (χ2v) is 4.61. The molecule has 0 spiro atoms. The van der Waals surface area contributed by atoms with Crippen LogP contribution >= 0.6 is 0 Å². The Morgan fingerprint density at radius 1 is 1.17 bits per heavy atom. The standard InChI is InChI=1S/C15H17N3/c1-11-4-6-13(7-5-11)8-9-15-14(10-16)17-12(2)18(15)3/h4-7H,8-9H2,1-3H3. The van der Waals surface area contributed by atoms with Crippen molar-refractivity contribution in [1.29, 1.82) is 5.26 Å². The number of hydrogen-bond donors (Lipinski definition) is 0. The maximum atomic E-state index is 9.06. The SMILES string of the molecule is Cc1ccc(CCc2c(C#N)nc(C)n2C)cc1. The van der Waals surface area contributed by atoms with E-state index in [1.54, 1.807) is 0 Å². The van der Waals surface area contributed by atoms with E-state index in [0.717, 1.165) is 24.4 Å². The summed E-state index contributed by atoms with van der Waals surface area (Å²) in [5.41, 5.74) is 4.15. The lowest BCUT2D eigenvalue weighted by molar-refractivity contribution is 0.771. The molecule has 2 aromatic rings. The Labute approximate surface area is 108 Å². The van der Waals surface area contributed by atoms with E-state index in [0.29, 0.717) is 5.69 Å². The van der Waals surface area contributed by atoms with Gasteiger partial charge in [-0.2, -0.15) is 5.26 Å². The number of nitriles is 1. The molecule has 0 aliphatic carbocycles. The topological polar surface area (TPSA) is 41.6 Å². The van der Waals surface area contributed by atoms with Crippen LogP contribution in [0.4, 0.5) is 0 Å². The first kappa shape index (κ1) is 12.4. The lowest BCUT2D eigenvalue weighted by Gasteiger charge is -2.05. The lowest BCUT2D eigenvalue weighted by atomic mass is 10.1. The summed E-state index contributed by atoms with van der Waals surface area (Å²) in [5.74, 6) is 0.894. The van der Waals surface area contributed by atoms with Gasteiger partial charge in [0.2, 0.25) is 0 Å². The Hall–Kier alpha value is -2.08. The number of nitrogens with zero attached hydrogens (tertiary/aromatic N) is 3. The number of imidazole rings is 1. The Bertz CT molecular complexity index is 585. The number of hydrogen-bond acceptors (Lipinski definition) is 2. The van der Waals surface area contributed by atoms with Crippen molar-refractivity contribution in [2.45, 2.75) is 26.7 Å². The van der Waals surface area contributed by atoms with Gasteiger partial charge in [-0.25, -0.2) is 4.98 Å². The molecule has 0 bridgehead atoms. The van der Waals surface area contributed by atoms with Crippen LogP contribution in [0.15, 0.2) is 24.3 Å². The van der Waals surface area contributed by atoms with Crippen LogP contribution in [0.3, 0.4) is 0 Å². The summed E-state index contributed by atoms with van der Waals surface area (Å²) in [6.45, 7) is 4.01. The third-order valence-electron chi connectivity index (χ3n) is 3.31. The Balaban J connectivity index is 2.15. The van der Waals surface area contributed by atoms with E-state index in [1.165, 1.54) is 11.1 Å². The van der Waals surface area contributed by atoms with E-state index in [-0.39, 0.29) is 0 Å². The highest BCUT2D eigenvalue weighted by atomic mass is 15.1. The van der Waals surface area contributed by atoms with Crippen LogP contribution in [0.2, 0.25) is 0 Å². The second-order valence-electron chi connectivity index (χ2n) is 4.61. The third-order valence-corrected chi connectivity index (χ3v) is 3.31. The molecular weight excluding hydrogens is 222 g/mol. The second kappa shape index (κ2) is 5.05. The summed E-state index contributed by atoms with van der Waals surface area (Å²) in [4.78, 5) is 4.26. The molecule has 2 rings (SSSR count). The minimum Gasteiger partial charge on any atom is -0.334 e. The maximum absolute atomic E-state index is 9.06. The van der Waals surface area contributed by atoms with Gasteiger partial charge in [0, 0.05) is 7.05 Å². The molecule has 0 atom stereocenters. The molecule has 0 aliphatic heterocycles. The Kier molecular flexibility index (Phi) is 3.47. The molecule has 92 valence electrons. The first-order chi connectivity index (χ1) is 8.61. The van der Waals surface area contributed by atoms with Crippen molar-refractivity contribution in [2.75, 3.05) is 0 Å². The normalized spacial score (nSPS) is 10.3. The molecule has 1 heterocycles. The molecule has 0 N–H and O–H groups in total. The van der Waals surface area contributed by atoms with Crippen molar-refractivity contribution in [1.82, 2.24) is 9.55 Å². The van der Waals surface area contributed by atoms with Crippen molar-refractivity contribution in [2.24, 2.45) is 7.05 Å². The molecule has 0 fully saturated rings. The van der Waals surface area contributed by atoms with Gasteiger partial charge >= 0.3 is 0 Å². The van der Waals surface area contributed by atoms with E-state index in [4.69, 9.17) is 5.26 Å². The van der Waals surface area contributed by atoms with Crippen LogP contribution in [-0.2, 0) is 19.9 Å². The molecule has 0 unspecified atom stereocenters. The van der Waals surface area contributed by atoms with Gasteiger partial charge in [-0.3, -0.25) is 0 Å². The molecule has 3 nitrogen and oxygen atoms in total. The molecular formula is C15H17N3. The van der Waals surface area contributed by atoms with Gasteiger partial charge < -0.3 is 4.57 Å². The van der Waals surface area contributed by atoms with Gasteiger partial charge in [0.1, 0.15) is 11.9 Å². The fourth-order valence-corrected chi connectivity index (χ4v) is 2.05. The fraction of sp³-hybridized carbons (Fsp3) is 0.333. The van der Waals surface area contributed by atoms with E-state index in [1.807, 2.05) is 18.5 Å². The molecule has 1 aromatic carbocycles. The van der Waals surface area contributed by atoms with Gasteiger partial charge in [0.15, 0.2) is 5.69 Å². The molecule has 0 radical (unpaired) electrons. The van der Waals surface area contributed by atoms with Crippen molar-refractivity contribution in [3.63, 3.8) is 0 Å². The van der Waals surface area contributed by atoms with Gasteiger partial charge in [0.05, 0.1) is 5.69 Å². The van der Waals surface area contributed by atoms with Crippen LogP contribution in [0.1, 0.15) is 28.3 Å². The zero-order valence-corrected chi connectivity index (χ0v) is 11.1. The minimum absolute atomic E-state index is 0.558. The zero-order chi connectivity index (χ0) is 13.1. The summed E-state index contributed by atoms with van der Waals surface area (Å²) in [7, 11) is 1.97. The van der Waals surface area contributed by atoms with Crippen LogP contribution in [0.25, 0.3) is 0 Å². The average molecular weight is 239 g/mol. The van der Waals surface area contributed by atoms with E-state index in [9.17, 15) is 0 Å². The molecule has 0 saturated carbocycles. The molecule has 1 aromatic heterocycles. The largest absolute Gasteiger partial charge is 0.334 e. The smallest absolute Gasteiger partial charge is 0.161 e. The van der Waals surface area contributed by atoms with Crippen LogP contribution < -0.4 is 0 Å². The van der Waals surface area contributed by atoms with Gasteiger partial charge in [-0.05, 0) is 32.3 Å². The summed E-state index contributed by atoms with van der Waals surface area (Å²) >= 11 is 0. The molecule has 0 amide bonds. The minimum atomic E-state index is 0.558. The zero-order valence-electron chi connectivity index (χ0n) is 11.1. The van der Waals surface area contributed by atoms with Crippen molar-refractivity contribution in [3.05, 3.63) is 52.6 Å². The molecule has 0 aliphatic rings. The van der Waals surface area contributed by atoms with Crippen LogP contribution in [-0.4, -0.2) is 9.55 Å². The van der Waals surface area contributed by atoms with Crippen LogP contribution in [0.5, 0.6) is 0 Å². The third kappa shape index (κ3) is 2.43. The predicted octanol–water partition coefficient (Wildman–Crippen LogP) is 2.69. The number of benzene rings is 1. The molecule has 0 saturated heterocycles. The Morgan fingerprint density at radius 3 is 2.44 bits per heavy atom. The number of aromatic nitrogens is 2. The van der Waals surface area contributed by atoms with Crippen molar-refractivity contribution < 1.29 is 0 Å². The van der Waals surface area contributed by atoms with Gasteiger partial charge in [-0.15, -0.1) is 0 Å². The van der Waals surface area contributed by atoms with Gasteiger partial charge in [-0.1, -0.05) is 29.8 Å². The van der Waals surface area contributed by atoms with Gasteiger partial charge in [0.25, 0.3) is 0 Å². The first-order valence-corrected chi connectivity index (χ1v) is 6.09. The number of rotatable bonds is 3. The number of aryl methyl sites for hydroxylation is 3.